The highest BCUT2D eigenvalue weighted by Crippen LogP contribution is 2.33. The first kappa shape index (κ1) is 13.4. The van der Waals surface area contributed by atoms with E-state index in [1.165, 1.54) is 12.8 Å². The molecule has 0 aromatic heterocycles. The average molecular weight is 266 g/mol. The molecule has 0 bridgehead atoms. The molecule has 0 aliphatic carbocycles. The normalized spacial score (nSPS) is 17.2. The van der Waals surface area contributed by atoms with Crippen LogP contribution in [-0.4, -0.2) is 19.4 Å². The maximum atomic E-state index is 11.1. The molecule has 0 radical (unpaired) electrons. The fourth-order valence-electron chi connectivity index (χ4n) is 2.75. The molecule has 18 heavy (non-hydrogen) atoms. The molecule has 1 aromatic carbocycles. The van der Waals surface area contributed by atoms with Crippen molar-refractivity contribution in [3.05, 3.63) is 28.8 Å². The fourth-order valence-corrected chi connectivity index (χ4v) is 3.05. The highest BCUT2D eigenvalue weighted by Gasteiger charge is 2.24. The van der Waals surface area contributed by atoms with Gasteiger partial charge in [-0.15, -0.1) is 0 Å². The SMILES string of the molecule is CC(C)C1CCN(c2c(Cl)cccc2C=O)CC1. The predicted octanol–water partition coefficient (Wildman–Crippen LogP) is 4.02. The van der Waals surface area contributed by atoms with Crippen molar-refractivity contribution in [3.63, 3.8) is 0 Å². The molecule has 1 aliphatic heterocycles. The molecule has 1 heterocycles. The Labute approximate surface area is 114 Å². The molecule has 1 fully saturated rings. The number of carbonyl (C=O) groups is 1. The Morgan fingerprint density at radius 2 is 2.00 bits per heavy atom. The number of rotatable bonds is 3. The van der Waals surface area contributed by atoms with E-state index in [1.54, 1.807) is 0 Å². The van der Waals surface area contributed by atoms with Crippen molar-refractivity contribution in [2.75, 3.05) is 18.0 Å². The number of piperidine rings is 1. The van der Waals surface area contributed by atoms with Crippen LogP contribution in [0.4, 0.5) is 5.69 Å². The summed E-state index contributed by atoms with van der Waals surface area (Å²) < 4.78 is 0. The van der Waals surface area contributed by atoms with E-state index < -0.39 is 0 Å². The van der Waals surface area contributed by atoms with Crippen molar-refractivity contribution in [3.8, 4) is 0 Å². The van der Waals surface area contributed by atoms with Gasteiger partial charge in [-0.1, -0.05) is 31.5 Å². The van der Waals surface area contributed by atoms with Gasteiger partial charge in [-0.2, -0.15) is 0 Å². The maximum Gasteiger partial charge on any atom is 0.152 e. The van der Waals surface area contributed by atoms with E-state index in [1.807, 2.05) is 18.2 Å². The van der Waals surface area contributed by atoms with E-state index in [2.05, 4.69) is 18.7 Å². The molecule has 0 N–H and O–H groups in total. The van der Waals surface area contributed by atoms with E-state index in [4.69, 9.17) is 11.6 Å². The molecule has 0 unspecified atom stereocenters. The van der Waals surface area contributed by atoms with Crippen LogP contribution in [-0.2, 0) is 0 Å². The Kier molecular flexibility index (Phi) is 4.28. The maximum absolute atomic E-state index is 11.1. The van der Waals surface area contributed by atoms with Gasteiger partial charge in [-0.25, -0.2) is 0 Å². The quantitative estimate of drug-likeness (QED) is 0.769. The first-order chi connectivity index (χ1) is 8.63. The first-order valence-electron chi connectivity index (χ1n) is 6.62. The monoisotopic (exact) mass is 265 g/mol. The van der Waals surface area contributed by atoms with Gasteiger partial charge in [0.05, 0.1) is 10.7 Å². The molecule has 0 atom stereocenters. The third-order valence-electron chi connectivity index (χ3n) is 3.94. The lowest BCUT2D eigenvalue weighted by molar-refractivity contribution is 0.112. The third-order valence-corrected chi connectivity index (χ3v) is 4.25. The number of hydrogen-bond donors (Lipinski definition) is 0. The van der Waals surface area contributed by atoms with Crippen LogP contribution in [0.5, 0.6) is 0 Å². The summed E-state index contributed by atoms with van der Waals surface area (Å²) in [5.74, 6) is 1.53. The van der Waals surface area contributed by atoms with Gasteiger partial charge in [-0.3, -0.25) is 4.79 Å². The van der Waals surface area contributed by atoms with Gasteiger partial charge >= 0.3 is 0 Å². The highest BCUT2D eigenvalue weighted by molar-refractivity contribution is 6.33. The Hall–Kier alpha value is -1.02. The Balaban J connectivity index is 2.17. The smallest absolute Gasteiger partial charge is 0.152 e. The number of aldehydes is 1. The Bertz CT molecular complexity index is 423. The van der Waals surface area contributed by atoms with E-state index >= 15 is 0 Å². The van der Waals surface area contributed by atoms with Crippen molar-refractivity contribution in [1.29, 1.82) is 0 Å². The summed E-state index contributed by atoms with van der Waals surface area (Å²) in [6.07, 6.45) is 3.26. The van der Waals surface area contributed by atoms with Crippen LogP contribution in [0.3, 0.4) is 0 Å². The molecular weight excluding hydrogens is 246 g/mol. The molecule has 0 amide bonds. The summed E-state index contributed by atoms with van der Waals surface area (Å²) in [4.78, 5) is 13.4. The molecule has 1 saturated heterocycles. The lowest BCUT2D eigenvalue weighted by atomic mass is 9.86. The number of para-hydroxylation sites is 1. The van der Waals surface area contributed by atoms with Gasteiger partial charge in [0, 0.05) is 18.7 Å². The Morgan fingerprint density at radius 1 is 1.33 bits per heavy atom. The number of halogens is 1. The summed E-state index contributed by atoms with van der Waals surface area (Å²) in [6.45, 7) is 6.56. The number of nitrogens with zero attached hydrogens (tertiary/aromatic N) is 1. The van der Waals surface area contributed by atoms with Crippen molar-refractivity contribution in [2.24, 2.45) is 11.8 Å². The van der Waals surface area contributed by atoms with Crippen molar-refractivity contribution in [2.45, 2.75) is 26.7 Å². The van der Waals surface area contributed by atoms with Crippen LogP contribution in [0.2, 0.25) is 5.02 Å². The van der Waals surface area contributed by atoms with Gasteiger partial charge in [0.2, 0.25) is 0 Å². The number of hydrogen-bond acceptors (Lipinski definition) is 2. The van der Waals surface area contributed by atoms with E-state index in [0.29, 0.717) is 10.6 Å². The lowest BCUT2D eigenvalue weighted by Gasteiger charge is -2.36. The van der Waals surface area contributed by atoms with Gasteiger partial charge in [-0.05, 0) is 36.8 Å². The minimum absolute atomic E-state index is 0.683. The molecular formula is C15H20ClNO. The summed E-state index contributed by atoms with van der Waals surface area (Å²) >= 11 is 6.24. The van der Waals surface area contributed by atoms with Crippen LogP contribution in [0.25, 0.3) is 0 Å². The van der Waals surface area contributed by atoms with Gasteiger partial charge in [0.1, 0.15) is 0 Å². The second kappa shape index (κ2) is 5.75. The number of benzene rings is 1. The number of carbonyl (C=O) groups excluding carboxylic acids is 1. The third kappa shape index (κ3) is 2.69. The van der Waals surface area contributed by atoms with Crippen LogP contribution in [0.15, 0.2) is 18.2 Å². The molecule has 0 spiro atoms. The second-order valence-corrected chi connectivity index (χ2v) is 5.77. The standard InChI is InChI=1S/C15H20ClNO/c1-11(2)12-6-8-17(9-7-12)15-13(10-18)4-3-5-14(15)16/h3-5,10-12H,6-9H2,1-2H3. The van der Waals surface area contributed by atoms with E-state index in [0.717, 1.165) is 36.9 Å². The van der Waals surface area contributed by atoms with Gasteiger partial charge in [0.25, 0.3) is 0 Å². The van der Waals surface area contributed by atoms with Crippen molar-refractivity contribution in [1.82, 2.24) is 0 Å². The summed E-state index contributed by atoms with van der Waals surface area (Å²) in [6, 6.07) is 5.53. The van der Waals surface area contributed by atoms with E-state index in [9.17, 15) is 4.79 Å². The van der Waals surface area contributed by atoms with Crippen LogP contribution >= 0.6 is 11.6 Å². The molecule has 3 heteroatoms. The summed E-state index contributed by atoms with van der Waals surface area (Å²) in [5, 5.41) is 0.683. The molecule has 0 saturated carbocycles. The molecule has 98 valence electrons. The minimum Gasteiger partial charge on any atom is -0.370 e. The van der Waals surface area contributed by atoms with Crippen molar-refractivity contribution < 1.29 is 4.79 Å². The zero-order chi connectivity index (χ0) is 13.1. The largest absolute Gasteiger partial charge is 0.370 e. The van der Waals surface area contributed by atoms with Crippen LogP contribution < -0.4 is 4.90 Å². The second-order valence-electron chi connectivity index (χ2n) is 5.36. The van der Waals surface area contributed by atoms with Gasteiger partial charge < -0.3 is 4.90 Å². The Morgan fingerprint density at radius 3 is 2.56 bits per heavy atom. The first-order valence-corrected chi connectivity index (χ1v) is 7.00. The fraction of sp³-hybridized carbons (Fsp3) is 0.533. The highest BCUT2D eigenvalue weighted by atomic mass is 35.5. The van der Waals surface area contributed by atoms with Crippen LogP contribution in [0, 0.1) is 11.8 Å². The molecule has 1 aliphatic rings. The van der Waals surface area contributed by atoms with E-state index in [-0.39, 0.29) is 0 Å². The topological polar surface area (TPSA) is 20.3 Å². The van der Waals surface area contributed by atoms with Gasteiger partial charge in [0.15, 0.2) is 6.29 Å². The molecule has 2 rings (SSSR count). The zero-order valence-electron chi connectivity index (χ0n) is 11.0. The summed E-state index contributed by atoms with van der Waals surface area (Å²) in [7, 11) is 0. The van der Waals surface area contributed by atoms with Crippen molar-refractivity contribution >= 4 is 23.6 Å². The zero-order valence-corrected chi connectivity index (χ0v) is 11.8. The summed E-state index contributed by atoms with van der Waals surface area (Å²) in [5.41, 5.74) is 1.61. The molecule has 2 nitrogen and oxygen atoms in total. The average Bonchev–Trinajstić information content (AvgIpc) is 2.38. The molecule has 1 aromatic rings. The predicted molar refractivity (Wildman–Crippen MR) is 76.6 cm³/mol. The lowest BCUT2D eigenvalue weighted by Crippen LogP contribution is -2.35. The van der Waals surface area contributed by atoms with Crippen LogP contribution in [0.1, 0.15) is 37.0 Å². The number of anilines is 1. The minimum atomic E-state index is 0.683.